The van der Waals surface area contributed by atoms with E-state index in [9.17, 15) is 0 Å². The minimum Gasteiger partial charge on any atom is -0.496 e. The zero-order valence-electron chi connectivity index (χ0n) is 6.87. The number of ether oxygens (including phenoxy) is 1. The maximum absolute atomic E-state index is 6.71. The molecule has 0 saturated heterocycles. The van der Waals surface area contributed by atoms with Gasteiger partial charge in [-0.2, -0.15) is 0 Å². The van der Waals surface area contributed by atoms with Crippen molar-refractivity contribution in [2.75, 3.05) is 12.8 Å². The first-order valence-corrected chi connectivity index (χ1v) is 3.53. The zero-order chi connectivity index (χ0) is 8.97. The second-order valence-electron chi connectivity index (χ2n) is 2.39. The Morgan fingerprint density at radius 1 is 1.58 bits per heavy atom. The van der Waals surface area contributed by atoms with Crippen LogP contribution in [-0.4, -0.2) is 7.11 Å². The van der Waals surface area contributed by atoms with Gasteiger partial charge in [-0.15, -0.1) is 0 Å². The first kappa shape index (κ1) is 8.41. The lowest BCUT2D eigenvalue weighted by Gasteiger charge is -2.03. The SMILES string of the molecule is [C-]#[N+]Cc1cc(N)ccc1OC. The van der Waals surface area contributed by atoms with Crippen LogP contribution in [0.25, 0.3) is 4.85 Å². The van der Waals surface area contributed by atoms with E-state index < -0.39 is 0 Å². The van der Waals surface area contributed by atoms with Crippen molar-refractivity contribution >= 4 is 5.69 Å². The van der Waals surface area contributed by atoms with E-state index in [2.05, 4.69) is 4.85 Å². The summed E-state index contributed by atoms with van der Waals surface area (Å²) in [4.78, 5) is 3.27. The lowest BCUT2D eigenvalue weighted by Crippen LogP contribution is -1.92. The molecule has 1 aromatic carbocycles. The van der Waals surface area contributed by atoms with Gasteiger partial charge in [-0.25, -0.2) is 6.57 Å². The molecular weight excluding hydrogens is 152 g/mol. The Hall–Kier alpha value is -1.69. The van der Waals surface area contributed by atoms with Gasteiger partial charge in [-0.3, -0.25) is 0 Å². The number of nitrogen functional groups attached to an aromatic ring is 1. The second kappa shape index (κ2) is 3.63. The highest BCUT2D eigenvalue weighted by molar-refractivity contribution is 5.48. The van der Waals surface area contributed by atoms with Crippen molar-refractivity contribution in [3.05, 3.63) is 35.2 Å². The maximum atomic E-state index is 6.71. The Morgan fingerprint density at radius 3 is 2.92 bits per heavy atom. The highest BCUT2D eigenvalue weighted by Gasteiger charge is 2.04. The quantitative estimate of drug-likeness (QED) is 0.531. The molecule has 0 bridgehead atoms. The fourth-order valence-electron chi connectivity index (χ4n) is 1.01. The summed E-state index contributed by atoms with van der Waals surface area (Å²) in [5.41, 5.74) is 7.06. The third-order valence-electron chi connectivity index (χ3n) is 1.55. The number of nitrogens with two attached hydrogens (primary N) is 1. The number of rotatable bonds is 2. The van der Waals surface area contributed by atoms with Gasteiger partial charge in [-0.05, 0) is 18.2 Å². The molecule has 0 saturated carbocycles. The molecule has 0 atom stereocenters. The maximum Gasteiger partial charge on any atom is 0.243 e. The van der Waals surface area contributed by atoms with Gasteiger partial charge in [0.1, 0.15) is 5.75 Å². The van der Waals surface area contributed by atoms with Crippen molar-refractivity contribution in [2.45, 2.75) is 6.54 Å². The van der Waals surface area contributed by atoms with Crippen LogP contribution in [0.4, 0.5) is 5.69 Å². The minimum atomic E-state index is 0.314. The van der Waals surface area contributed by atoms with Gasteiger partial charge >= 0.3 is 0 Å². The van der Waals surface area contributed by atoms with E-state index in [1.54, 1.807) is 25.3 Å². The summed E-state index contributed by atoms with van der Waals surface area (Å²) in [5.74, 6) is 0.722. The van der Waals surface area contributed by atoms with E-state index in [4.69, 9.17) is 17.0 Å². The van der Waals surface area contributed by atoms with Crippen molar-refractivity contribution in [3.63, 3.8) is 0 Å². The Bertz CT molecular complexity index is 315. The van der Waals surface area contributed by atoms with Gasteiger partial charge in [0.15, 0.2) is 0 Å². The molecule has 0 spiro atoms. The smallest absolute Gasteiger partial charge is 0.243 e. The summed E-state index contributed by atoms with van der Waals surface area (Å²) in [6.45, 7) is 7.02. The fourth-order valence-corrected chi connectivity index (χ4v) is 1.01. The predicted octanol–water partition coefficient (Wildman–Crippen LogP) is 1.70. The molecule has 1 aromatic rings. The Labute approximate surface area is 71.6 Å². The minimum absolute atomic E-state index is 0.314. The van der Waals surface area contributed by atoms with Crippen LogP contribution >= 0.6 is 0 Å². The van der Waals surface area contributed by atoms with Crippen molar-refractivity contribution < 1.29 is 4.74 Å². The molecule has 0 unspecified atom stereocenters. The van der Waals surface area contributed by atoms with E-state index >= 15 is 0 Å². The van der Waals surface area contributed by atoms with Crippen molar-refractivity contribution in [3.8, 4) is 5.75 Å². The Kier molecular flexibility index (Phi) is 2.54. The summed E-state index contributed by atoms with van der Waals surface area (Å²) >= 11 is 0. The number of hydrogen-bond acceptors (Lipinski definition) is 2. The van der Waals surface area contributed by atoms with Crippen LogP contribution in [0.15, 0.2) is 18.2 Å². The van der Waals surface area contributed by atoms with Crippen LogP contribution in [0.1, 0.15) is 5.56 Å². The van der Waals surface area contributed by atoms with E-state index in [1.165, 1.54) is 0 Å². The number of nitrogens with zero attached hydrogens (tertiary/aromatic N) is 1. The predicted molar refractivity (Wildman–Crippen MR) is 47.7 cm³/mol. The van der Waals surface area contributed by atoms with Crippen molar-refractivity contribution in [1.29, 1.82) is 0 Å². The number of methoxy groups -OCH3 is 1. The van der Waals surface area contributed by atoms with Crippen LogP contribution in [0.5, 0.6) is 5.75 Å². The Morgan fingerprint density at radius 2 is 2.33 bits per heavy atom. The summed E-state index contributed by atoms with van der Waals surface area (Å²) < 4.78 is 5.05. The number of anilines is 1. The number of benzene rings is 1. The molecule has 3 heteroatoms. The summed E-state index contributed by atoms with van der Waals surface area (Å²) in [7, 11) is 1.58. The van der Waals surface area contributed by atoms with Gasteiger partial charge in [0.05, 0.1) is 12.7 Å². The molecule has 0 heterocycles. The first-order valence-electron chi connectivity index (χ1n) is 3.53. The monoisotopic (exact) mass is 162 g/mol. The average Bonchev–Trinajstić information content (AvgIpc) is 2.05. The number of hydrogen-bond donors (Lipinski definition) is 1. The van der Waals surface area contributed by atoms with Gasteiger partial charge in [0.25, 0.3) is 0 Å². The first-order chi connectivity index (χ1) is 5.77. The topological polar surface area (TPSA) is 39.6 Å². The molecule has 3 nitrogen and oxygen atoms in total. The molecule has 0 aliphatic rings. The van der Waals surface area contributed by atoms with E-state index in [-0.39, 0.29) is 0 Å². The second-order valence-corrected chi connectivity index (χ2v) is 2.39. The molecule has 0 aliphatic heterocycles. The highest BCUT2D eigenvalue weighted by atomic mass is 16.5. The highest BCUT2D eigenvalue weighted by Crippen LogP contribution is 2.21. The fraction of sp³-hybridized carbons (Fsp3) is 0.222. The lowest BCUT2D eigenvalue weighted by atomic mass is 10.2. The molecule has 0 aromatic heterocycles. The van der Waals surface area contributed by atoms with Crippen LogP contribution in [0.2, 0.25) is 0 Å². The largest absolute Gasteiger partial charge is 0.496 e. The molecular formula is C9H10N2O. The van der Waals surface area contributed by atoms with E-state index in [0.717, 1.165) is 11.3 Å². The van der Waals surface area contributed by atoms with Crippen molar-refractivity contribution in [2.24, 2.45) is 0 Å². The summed E-state index contributed by atoms with van der Waals surface area (Å²) in [6, 6.07) is 5.29. The molecule has 0 amide bonds. The summed E-state index contributed by atoms with van der Waals surface area (Å²) in [6.07, 6.45) is 0. The van der Waals surface area contributed by atoms with Crippen LogP contribution in [-0.2, 0) is 6.54 Å². The normalized spacial score (nSPS) is 9.00. The van der Waals surface area contributed by atoms with Gasteiger partial charge in [0.2, 0.25) is 6.54 Å². The molecule has 0 radical (unpaired) electrons. The third-order valence-corrected chi connectivity index (χ3v) is 1.55. The van der Waals surface area contributed by atoms with Crippen LogP contribution < -0.4 is 10.5 Å². The average molecular weight is 162 g/mol. The summed E-state index contributed by atoms with van der Waals surface area (Å²) in [5, 5.41) is 0. The Balaban J connectivity index is 3.05. The molecule has 1 rings (SSSR count). The molecule has 0 aliphatic carbocycles. The van der Waals surface area contributed by atoms with Crippen LogP contribution in [0.3, 0.4) is 0 Å². The van der Waals surface area contributed by atoms with Gasteiger partial charge in [0, 0.05) is 5.69 Å². The van der Waals surface area contributed by atoms with E-state index in [1.807, 2.05) is 0 Å². The molecule has 12 heavy (non-hydrogen) atoms. The van der Waals surface area contributed by atoms with E-state index in [0.29, 0.717) is 12.2 Å². The van der Waals surface area contributed by atoms with Crippen molar-refractivity contribution in [1.82, 2.24) is 0 Å². The molecule has 62 valence electrons. The molecule has 0 fully saturated rings. The third kappa shape index (κ3) is 1.67. The molecule has 2 N–H and O–H groups in total. The van der Waals surface area contributed by atoms with Crippen LogP contribution in [0, 0.1) is 6.57 Å². The van der Waals surface area contributed by atoms with Gasteiger partial charge < -0.3 is 15.3 Å². The lowest BCUT2D eigenvalue weighted by molar-refractivity contribution is 0.411. The standard InChI is InChI=1S/C9H10N2O/c1-11-6-7-5-8(10)3-4-9(7)12-2/h3-5H,6,10H2,2H3. The van der Waals surface area contributed by atoms with Gasteiger partial charge in [-0.1, -0.05) is 0 Å². The zero-order valence-corrected chi connectivity index (χ0v) is 6.87.